The van der Waals surface area contributed by atoms with Gasteiger partial charge in [-0.2, -0.15) is 0 Å². The van der Waals surface area contributed by atoms with Crippen molar-refractivity contribution in [2.24, 2.45) is 0 Å². The Balaban J connectivity index is 1.84. The van der Waals surface area contributed by atoms with Crippen molar-refractivity contribution in [3.8, 4) is 0 Å². The molecule has 0 aliphatic carbocycles. The highest BCUT2D eigenvalue weighted by Gasteiger charge is 2.13. The van der Waals surface area contributed by atoms with E-state index >= 15 is 0 Å². The van der Waals surface area contributed by atoms with Crippen LogP contribution in [-0.4, -0.2) is 0 Å². The van der Waals surface area contributed by atoms with Crippen molar-refractivity contribution >= 4 is 11.8 Å². The van der Waals surface area contributed by atoms with Crippen molar-refractivity contribution in [3.63, 3.8) is 0 Å². The van der Waals surface area contributed by atoms with Crippen molar-refractivity contribution in [3.05, 3.63) is 102 Å². The zero-order valence-corrected chi connectivity index (χ0v) is 12.6. The molecule has 0 nitrogen and oxygen atoms in total. The van der Waals surface area contributed by atoms with Gasteiger partial charge in [-0.1, -0.05) is 72.8 Å². The summed E-state index contributed by atoms with van der Waals surface area (Å²) in [6.07, 6.45) is 1.04. The van der Waals surface area contributed by atoms with E-state index < -0.39 is 0 Å². The second-order valence-electron chi connectivity index (χ2n) is 4.94. The second-order valence-corrected chi connectivity index (χ2v) is 6.22. The minimum Gasteiger partial charge on any atom is -0.118 e. The SMILES string of the molecule is [c]1ccc(SC(Cc2ccccc2)c2ccccc2)cc1. The van der Waals surface area contributed by atoms with Crippen LogP contribution >= 0.6 is 11.8 Å². The van der Waals surface area contributed by atoms with E-state index in [1.54, 1.807) is 0 Å². The van der Waals surface area contributed by atoms with Crippen LogP contribution in [0.2, 0.25) is 0 Å². The molecule has 0 aliphatic rings. The van der Waals surface area contributed by atoms with Crippen LogP contribution in [0.1, 0.15) is 16.4 Å². The van der Waals surface area contributed by atoms with Crippen LogP contribution in [0, 0.1) is 6.07 Å². The van der Waals surface area contributed by atoms with Crippen LogP contribution in [-0.2, 0) is 6.42 Å². The van der Waals surface area contributed by atoms with Gasteiger partial charge in [-0.15, -0.1) is 11.8 Å². The van der Waals surface area contributed by atoms with Gasteiger partial charge in [-0.25, -0.2) is 0 Å². The van der Waals surface area contributed by atoms with E-state index in [1.165, 1.54) is 16.0 Å². The Hall–Kier alpha value is -1.99. The molecule has 0 bridgehead atoms. The predicted molar refractivity (Wildman–Crippen MR) is 90.5 cm³/mol. The summed E-state index contributed by atoms with van der Waals surface area (Å²) in [5, 5.41) is 0.427. The Morgan fingerprint density at radius 1 is 0.762 bits per heavy atom. The lowest BCUT2D eigenvalue weighted by molar-refractivity contribution is 0.931. The number of benzene rings is 3. The largest absolute Gasteiger partial charge is 0.118 e. The lowest BCUT2D eigenvalue weighted by atomic mass is 10.0. The van der Waals surface area contributed by atoms with E-state index in [-0.39, 0.29) is 0 Å². The molecule has 1 heteroatoms. The standard InChI is InChI=1S/C20H17S/c1-4-10-17(11-5-1)16-20(18-12-6-2-7-13-18)21-19-14-8-3-9-15-19/h1-2,4-15,20H,16H2. The van der Waals surface area contributed by atoms with Crippen molar-refractivity contribution in [1.82, 2.24) is 0 Å². The maximum absolute atomic E-state index is 3.08. The van der Waals surface area contributed by atoms with Gasteiger partial charge in [0.1, 0.15) is 0 Å². The van der Waals surface area contributed by atoms with Crippen LogP contribution in [0.5, 0.6) is 0 Å². The number of hydrogen-bond donors (Lipinski definition) is 0. The van der Waals surface area contributed by atoms with Gasteiger partial charge in [0.25, 0.3) is 0 Å². The summed E-state index contributed by atoms with van der Waals surface area (Å²) in [7, 11) is 0. The van der Waals surface area contributed by atoms with Gasteiger partial charge in [-0.05, 0) is 35.7 Å². The van der Waals surface area contributed by atoms with Crippen molar-refractivity contribution in [2.75, 3.05) is 0 Å². The van der Waals surface area contributed by atoms with E-state index in [2.05, 4.69) is 78.9 Å². The maximum Gasteiger partial charge on any atom is 0.0384 e. The lowest BCUT2D eigenvalue weighted by Gasteiger charge is -2.17. The van der Waals surface area contributed by atoms with E-state index in [4.69, 9.17) is 0 Å². The van der Waals surface area contributed by atoms with Gasteiger partial charge in [0.2, 0.25) is 0 Å². The topological polar surface area (TPSA) is 0 Å². The molecule has 0 spiro atoms. The van der Waals surface area contributed by atoms with Crippen LogP contribution in [0.4, 0.5) is 0 Å². The summed E-state index contributed by atoms with van der Waals surface area (Å²) in [5.41, 5.74) is 2.75. The molecule has 21 heavy (non-hydrogen) atoms. The van der Waals surface area contributed by atoms with Gasteiger partial charge in [0, 0.05) is 10.1 Å². The summed E-state index contributed by atoms with van der Waals surface area (Å²) >= 11 is 1.92. The molecule has 0 amide bonds. The van der Waals surface area contributed by atoms with Crippen molar-refractivity contribution in [1.29, 1.82) is 0 Å². The third-order valence-electron chi connectivity index (χ3n) is 3.40. The molecule has 1 atom stereocenters. The summed E-state index contributed by atoms with van der Waals surface area (Å²) in [6, 6.07) is 32.7. The summed E-state index contributed by atoms with van der Waals surface area (Å²) in [6.45, 7) is 0. The average Bonchev–Trinajstić information content (AvgIpc) is 2.57. The fraction of sp³-hybridized carbons (Fsp3) is 0.100. The molecular formula is C20H17S. The summed E-state index contributed by atoms with van der Waals surface area (Å²) in [5.74, 6) is 0. The second kappa shape index (κ2) is 7.14. The zero-order valence-electron chi connectivity index (χ0n) is 11.8. The Labute approximate surface area is 130 Å². The van der Waals surface area contributed by atoms with Gasteiger partial charge >= 0.3 is 0 Å². The van der Waals surface area contributed by atoms with Crippen LogP contribution in [0.25, 0.3) is 0 Å². The fourth-order valence-electron chi connectivity index (χ4n) is 2.34. The van der Waals surface area contributed by atoms with Gasteiger partial charge < -0.3 is 0 Å². The normalized spacial score (nSPS) is 12.0. The van der Waals surface area contributed by atoms with Crippen LogP contribution in [0.15, 0.2) is 89.8 Å². The van der Waals surface area contributed by atoms with Gasteiger partial charge in [0.05, 0.1) is 0 Å². The molecule has 1 unspecified atom stereocenters. The third kappa shape index (κ3) is 3.99. The highest BCUT2D eigenvalue weighted by Crippen LogP contribution is 2.37. The van der Waals surface area contributed by atoms with Crippen LogP contribution < -0.4 is 0 Å². The fourth-order valence-corrected chi connectivity index (χ4v) is 3.53. The zero-order chi connectivity index (χ0) is 14.3. The number of rotatable bonds is 5. The molecule has 0 fully saturated rings. The molecule has 3 rings (SSSR count). The van der Waals surface area contributed by atoms with E-state index in [0.29, 0.717) is 5.25 Å². The first-order valence-corrected chi connectivity index (χ1v) is 8.01. The van der Waals surface area contributed by atoms with Crippen LogP contribution in [0.3, 0.4) is 0 Å². The van der Waals surface area contributed by atoms with Gasteiger partial charge in [-0.3, -0.25) is 0 Å². The Morgan fingerprint density at radius 2 is 1.38 bits per heavy atom. The first-order valence-electron chi connectivity index (χ1n) is 7.13. The molecule has 0 saturated carbocycles. The van der Waals surface area contributed by atoms with Crippen molar-refractivity contribution < 1.29 is 0 Å². The summed E-state index contributed by atoms with van der Waals surface area (Å²) in [4.78, 5) is 1.29. The molecule has 0 heterocycles. The minimum atomic E-state index is 0.427. The number of hydrogen-bond acceptors (Lipinski definition) is 1. The van der Waals surface area contributed by atoms with Crippen molar-refractivity contribution in [2.45, 2.75) is 16.6 Å². The van der Waals surface area contributed by atoms with E-state index in [9.17, 15) is 0 Å². The molecule has 1 radical (unpaired) electrons. The van der Waals surface area contributed by atoms with E-state index in [0.717, 1.165) is 6.42 Å². The molecule has 0 aliphatic heterocycles. The highest BCUT2D eigenvalue weighted by molar-refractivity contribution is 7.99. The molecule has 3 aromatic carbocycles. The summed E-state index contributed by atoms with van der Waals surface area (Å²) < 4.78 is 0. The Bertz CT molecular complexity index is 606. The molecule has 0 saturated heterocycles. The molecule has 103 valence electrons. The molecule has 0 N–H and O–H groups in total. The van der Waals surface area contributed by atoms with E-state index in [1.807, 2.05) is 23.9 Å². The Kier molecular flexibility index (Phi) is 4.75. The highest BCUT2D eigenvalue weighted by atomic mass is 32.2. The first kappa shape index (κ1) is 14.0. The predicted octanol–water partition coefficient (Wildman–Crippen LogP) is 5.56. The molecule has 0 aromatic heterocycles. The average molecular weight is 289 g/mol. The monoisotopic (exact) mass is 289 g/mol. The minimum absolute atomic E-state index is 0.427. The van der Waals surface area contributed by atoms with Gasteiger partial charge in [0.15, 0.2) is 0 Å². The maximum atomic E-state index is 3.08. The lowest BCUT2D eigenvalue weighted by Crippen LogP contribution is -1.99. The molecule has 3 aromatic rings. The first-order chi connectivity index (χ1) is 10.4. The quantitative estimate of drug-likeness (QED) is 0.554. The number of thioether (sulfide) groups is 1. The smallest absolute Gasteiger partial charge is 0.0384 e. The Morgan fingerprint density at radius 3 is 2.05 bits per heavy atom. The molecular weight excluding hydrogens is 272 g/mol. The third-order valence-corrected chi connectivity index (χ3v) is 4.67.